The highest BCUT2D eigenvalue weighted by Gasteiger charge is 2.23. The van der Waals surface area contributed by atoms with E-state index in [1.54, 1.807) is 0 Å². The Morgan fingerprint density at radius 3 is 2.55 bits per heavy atom. The van der Waals surface area contributed by atoms with Crippen LogP contribution in [0.1, 0.15) is 31.2 Å². The number of carbonyl (C=O) groups is 1. The van der Waals surface area contributed by atoms with Gasteiger partial charge in [-0.25, -0.2) is 0 Å². The van der Waals surface area contributed by atoms with Crippen LogP contribution in [-0.2, 0) is 4.79 Å². The van der Waals surface area contributed by atoms with E-state index in [9.17, 15) is 4.79 Å². The van der Waals surface area contributed by atoms with Crippen molar-refractivity contribution in [2.75, 3.05) is 19.6 Å². The predicted octanol–water partition coefficient (Wildman–Crippen LogP) is 2.10. The zero-order valence-electron chi connectivity index (χ0n) is 12.2. The fraction of sp³-hybridized carbons (Fsp3) is 0.562. The van der Waals surface area contributed by atoms with Crippen molar-refractivity contribution >= 4 is 5.91 Å². The lowest BCUT2D eigenvalue weighted by atomic mass is 10.1. The molecule has 0 saturated carbocycles. The number of nitrogens with zero attached hydrogens (tertiary/aromatic N) is 1. The van der Waals surface area contributed by atoms with Crippen LogP contribution < -0.4 is 10.5 Å². The van der Waals surface area contributed by atoms with Crippen molar-refractivity contribution in [3.05, 3.63) is 29.8 Å². The number of amides is 1. The number of ether oxygens (including phenoxy) is 1. The Morgan fingerprint density at radius 1 is 1.30 bits per heavy atom. The molecular formula is C16H24N2O2. The third-order valence-electron chi connectivity index (χ3n) is 3.71. The standard InChI is InChI=1S/C16H24N2O2/c1-13-4-6-14(7-5-13)20-15-8-11-18(12-9-15)16(19)3-2-10-17/h4-7,15H,2-3,8-12,17H2,1H3. The number of likely N-dealkylation sites (tertiary alicyclic amines) is 1. The molecule has 1 aromatic rings. The molecule has 2 N–H and O–H groups in total. The first kappa shape index (κ1) is 14.9. The van der Waals surface area contributed by atoms with Crippen LogP contribution >= 0.6 is 0 Å². The SMILES string of the molecule is Cc1ccc(OC2CCN(C(=O)CCCN)CC2)cc1. The Labute approximate surface area is 120 Å². The van der Waals surface area contributed by atoms with Crippen LogP contribution in [0.2, 0.25) is 0 Å². The molecule has 0 unspecified atom stereocenters. The molecule has 4 heteroatoms. The van der Waals surface area contributed by atoms with E-state index in [1.165, 1.54) is 5.56 Å². The molecular weight excluding hydrogens is 252 g/mol. The summed E-state index contributed by atoms with van der Waals surface area (Å²) in [7, 11) is 0. The second kappa shape index (κ2) is 7.29. The maximum absolute atomic E-state index is 11.9. The maximum atomic E-state index is 11.9. The molecule has 0 atom stereocenters. The molecule has 1 saturated heterocycles. The van der Waals surface area contributed by atoms with E-state index in [2.05, 4.69) is 19.1 Å². The number of hydrogen-bond donors (Lipinski definition) is 1. The van der Waals surface area contributed by atoms with Crippen LogP contribution in [0.15, 0.2) is 24.3 Å². The number of nitrogens with two attached hydrogens (primary N) is 1. The van der Waals surface area contributed by atoms with Gasteiger partial charge in [-0.2, -0.15) is 0 Å². The lowest BCUT2D eigenvalue weighted by Gasteiger charge is -2.32. The Hall–Kier alpha value is -1.55. The second-order valence-electron chi connectivity index (χ2n) is 5.40. The maximum Gasteiger partial charge on any atom is 0.222 e. The van der Waals surface area contributed by atoms with Crippen molar-refractivity contribution in [2.24, 2.45) is 5.73 Å². The van der Waals surface area contributed by atoms with Gasteiger partial charge in [0.1, 0.15) is 11.9 Å². The molecule has 1 heterocycles. The van der Waals surface area contributed by atoms with Gasteiger partial charge in [0.25, 0.3) is 0 Å². The molecule has 1 fully saturated rings. The molecule has 110 valence electrons. The quantitative estimate of drug-likeness (QED) is 0.896. The summed E-state index contributed by atoms with van der Waals surface area (Å²) < 4.78 is 5.96. The van der Waals surface area contributed by atoms with Crippen LogP contribution in [0.4, 0.5) is 0 Å². The van der Waals surface area contributed by atoms with Crippen LogP contribution in [0, 0.1) is 6.92 Å². The van der Waals surface area contributed by atoms with Crippen molar-refractivity contribution < 1.29 is 9.53 Å². The molecule has 0 aliphatic carbocycles. The molecule has 0 spiro atoms. The van der Waals surface area contributed by atoms with Gasteiger partial charge < -0.3 is 15.4 Å². The summed E-state index contributed by atoms with van der Waals surface area (Å²) in [5.41, 5.74) is 6.67. The molecule has 1 aliphatic heterocycles. The highest BCUT2D eigenvalue weighted by atomic mass is 16.5. The summed E-state index contributed by atoms with van der Waals surface area (Å²) >= 11 is 0. The Bertz CT molecular complexity index is 423. The van der Waals surface area contributed by atoms with E-state index in [0.717, 1.165) is 38.1 Å². The average Bonchev–Trinajstić information content (AvgIpc) is 2.48. The molecule has 0 bridgehead atoms. The Morgan fingerprint density at radius 2 is 1.95 bits per heavy atom. The highest BCUT2D eigenvalue weighted by molar-refractivity contribution is 5.76. The summed E-state index contributed by atoms with van der Waals surface area (Å²) in [6.07, 6.45) is 3.37. The van der Waals surface area contributed by atoms with Crippen molar-refractivity contribution in [3.63, 3.8) is 0 Å². The number of piperidine rings is 1. The number of rotatable bonds is 5. The van der Waals surface area contributed by atoms with Gasteiger partial charge in [0, 0.05) is 32.4 Å². The van der Waals surface area contributed by atoms with Gasteiger partial charge in [0.2, 0.25) is 5.91 Å². The fourth-order valence-electron chi connectivity index (χ4n) is 2.44. The Kier molecular flexibility index (Phi) is 5.41. The lowest BCUT2D eigenvalue weighted by Crippen LogP contribution is -2.41. The van der Waals surface area contributed by atoms with E-state index in [4.69, 9.17) is 10.5 Å². The molecule has 1 aliphatic rings. The van der Waals surface area contributed by atoms with Crippen molar-refractivity contribution in [1.29, 1.82) is 0 Å². The van der Waals surface area contributed by atoms with E-state index in [1.807, 2.05) is 17.0 Å². The molecule has 0 radical (unpaired) electrons. The molecule has 1 aromatic carbocycles. The number of benzene rings is 1. The van der Waals surface area contributed by atoms with Gasteiger partial charge in [0.15, 0.2) is 0 Å². The number of carbonyl (C=O) groups excluding carboxylic acids is 1. The topological polar surface area (TPSA) is 55.6 Å². The fourth-order valence-corrected chi connectivity index (χ4v) is 2.44. The van der Waals surface area contributed by atoms with E-state index in [0.29, 0.717) is 13.0 Å². The largest absolute Gasteiger partial charge is 0.490 e. The average molecular weight is 276 g/mol. The molecule has 2 rings (SSSR count). The van der Waals surface area contributed by atoms with Gasteiger partial charge in [0.05, 0.1) is 0 Å². The minimum absolute atomic E-state index is 0.219. The lowest BCUT2D eigenvalue weighted by molar-refractivity contribution is -0.133. The minimum atomic E-state index is 0.219. The van der Waals surface area contributed by atoms with Crippen LogP contribution in [-0.4, -0.2) is 36.5 Å². The van der Waals surface area contributed by atoms with E-state index in [-0.39, 0.29) is 12.0 Å². The number of hydrogen-bond acceptors (Lipinski definition) is 3. The molecule has 1 amide bonds. The highest BCUT2D eigenvalue weighted by Crippen LogP contribution is 2.20. The molecule has 20 heavy (non-hydrogen) atoms. The summed E-state index contributed by atoms with van der Waals surface area (Å²) in [5.74, 6) is 1.15. The smallest absolute Gasteiger partial charge is 0.222 e. The van der Waals surface area contributed by atoms with Gasteiger partial charge in [-0.3, -0.25) is 4.79 Å². The van der Waals surface area contributed by atoms with Gasteiger partial charge in [-0.1, -0.05) is 17.7 Å². The normalized spacial score (nSPS) is 16.2. The van der Waals surface area contributed by atoms with Crippen molar-refractivity contribution in [3.8, 4) is 5.75 Å². The number of aryl methyl sites for hydroxylation is 1. The summed E-state index contributed by atoms with van der Waals surface area (Å²) in [6.45, 7) is 4.23. The Balaban J connectivity index is 1.76. The van der Waals surface area contributed by atoms with Gasteiger partial charge >= 0.3 is 0 Å². The zero-order chi connectivity index (χ0) is 14.4. The first-order chi connectivity index (χ1) is 9.69. The third-order valence-corrected chi connectivity index (χ3v) is 3.71. The molecule has 4 nitrogen and oxygen atoms in total. The monoisotopic (exact) mass is 276 g/mol. The zero-order valence-corrected chi connectivity index (χ0v) is 12.2. The predicted molar refractivity (Wildman–Crippen MR) is 79.7 cm³/mol. The van der Waals surface area contributed by atoms with E-state index < -0.39 is 0 Å². The minimum Gasteiger partial charge on any atom is -0.490 e. The summed E-state index contributed by atoms with van der Waals surface area (Å²) in [5, 5.41) is 0. The first-order valence-electron chi connectivity index (χ1n) is 7.40. The summed E-state index contributed by atoms with van der Waals surface area (Å²) in [6, 6.07) is 8.13. The van der Waals surface area contributed by atoms with Gasteiger partial charge in [-0.05, 0) is 32.0 Å². The van der Waals surface area contributed by atoms with Crippen molar-refractivity contribution in [1.82, 2.24) is 4.90 Å². The third kappa shape index (κ3) is 4.23. The van der Waals surface area contributed by atoms with Crippen molar-refractivity contribution in [2.45, 2.75) is 38.7 Å². The van der Waals surface area contributed by atoms with Gasteiger partial charge in [-0.15, -0.1) is 0 Å². The first-order valence-corrected chi connectivity index (χ1v) is 7.40. The van der Waals surface area contributed by atoms with Crippen LogP contribution in [0.3, 0.4) is 0 Å². The summed E-state index contributed by atoms with van der Waals surface area (Å²) in [4.78, 5) is 13.8. The van der Waals surface area contributed by atoms with E-state index >= 15 is 0 Å². The molecule has 0 aromatic heterocycles. The van der Waals surface area contributed by atoms with Crippen LogP contribution in [0.5, 0.6) is 5.75 Å². The second-order valence-corrected chi connectivity index (χ2v) is 5.40. The van der Waals surface area contributed by atoms with Crippen LogP contribution in [0.25, 0.3) is 0 Å².